The van der Waals surface area contributed by atoms with Crippen LogP contribution in [0.2, 0.25) is 0 Å². The van der Waals surface area contributed by atoms with E-state index in [1.54, 1.807) is 6.07 Å². The van der Waals surface area contributed by atoms with Crippen LogP contribution in [0.3, 0.4) is 0 Å². The van der Waals surface area contributed by atoms with Crippen molar-refractivity contribution < 1.29 is 5.11 Å². The monoisotopic (exact) mass is 274 g/mol. The number of rotatable bonds is 7. The Morgan fingerprint density at radius 3 is 2.65 bits per heavy atom. The predicted molar refractivity (Wildman–Crippen MR) is 82.3 cm³/mol. The van der Waals surface area contributed by atoms with Gasteiger partial charge in [-0.05, 0) is 50.3 Å². The second-order valence-corrected chi connectivity index (χ2v) is 6.27. The summed E-state index contributed by atoms with van der Waals surface area (Å²) >= 11 is 0. The van der Waals surface area contributed by atoms with Crippen LogP contribution in [0.25, 0.3) is 0 Å². The number of nitriles is 1. The first kappa shape index (κ1) is 16.7. The minimum Gasteiger partial charge on any atom is -0.389 e. The maximum atomic E-state index is 10.3. The van der Waals surface area contributed by atoms with Gasteiger partial charge in [0, 0.05) is 12.6 Å². The zero-order valence-corrected chi connectivity index (χ0v) is 13.0. The van der Waals surface area contributed by atoms with Crippen LogP contribution in [0.4, 0.5) is 0 Å². The Balaban J connectivity index is 2.53. The number of hydrogen-bond acceptors (Lipinski definition) is 3. The van der Waals surface area contributed by atoms with Gasteiger partial charge in [0.15, 0.2) is 0 Å². The van der Waals surface area contributed by atoms with E-state index in [1.165, 1.54) is 0 Å². The number of aliphatic hydroxyl groups is 1. The fraction of sp³-hybridized carbons (Fsp3) is 0.588. The molecule has 0 aliphatic heterocycles. The second kappa shape index (κ2) is 7.42. The van der Waals surface area contributed by atoms with Crippen molar-refractivity contribution in [1.82, 2.24) is 5.32 Å². The molecule has 2 N–H and O–H groups in total. The lowest BCUT2D eigenvalue weighted by Crippen LogP contribution is -2.39. The molecule has 0 aliphatic rings. The van der Waals surface area contributed by atoms with Crippen LogP contribution in [-0.2, 0) is 0 Å². The Labute approximate surface area is 122 Å². The zero-order chi connectivity index (χ0) is 15.2. The summed E-state index contributed by atoms with van der Waals surface area (Å²) in [4.78, 5) is 0. The molecule has 0 fully saturated rings. The largest absolute Gasteiger partial charge is 0.389 e. The smallest absolute Gasteiger partial charge is 0.0991 e. The van der Waals surface area contributed by atoms with Crippen LogP contribution in [-0.4, -0.2) is 17.3 Å². The number of hydrogen-bond donors (Lipinski definition) is 2. The van der Waals surface area contributed by atoms with Gasteiger partial charge in [-0.1, -0.05) is 26.0 Å². The first-order valence-electron chi connectivity index (χ1n) is 7.30. The van der Waals surface area contributed by atoms with E-state index in [0.717, 1.165) is 18.4 Å². The van der Waals surface area contributed by atoms with E-state index < -0.39 is 5.60 Å². The summed E-state index contributed by atoms with van der Waals surface area (Å²) in [6, 6.07) is 9.85. The van der Waals surface area contributed by atoms with E-state index in [9.17, 15) is 5.11 Å². The Morgan fingerprint density at radius 2 is 2.05 bits per heavy atom. The first-order chi connectivity index (χ1) is 9.34. The molecule has 1 rings (SSSR count). The summed E-state index contributed by atoms with van der Waals surface area (Å²) in [7, 11) is 0. The molecule has 2 atom stereocenters. The summed E-state index contributed by atoms with van der Waals surface area (Å²) in [6.45, 7) is 8.81. The molecular weight excluding hydrogens is 248 g/mol. The van der Waals surface area contributed by atoms with Crippen LogP contribution < -0.4 is 5.32 Å². The maximum absolute atomic E-state index is 10.3. The normalized spacial score (nSPS) is 15.7. The fourth-order valence-corrected chi connectivity index (χ4v) is 2.06. The standard InChI is InChI=1S/C17H26N2O/c1-13(2)8-9-17(4,20)12-19-14(3)16-7-5-6-15(10-16)11-18/h5-7,10,13-14,19-20H,8-9,12H2,1-4H3. The third kappa shape index (κ3) is 5.73. The van der Waals surface area contributed by atoms with Gasteiger partial charge in [0.2, 0.25) is 0 Å². The average molecular weight is 274 g/mol. The van der Waals surface area contributed by atoms with E-state index in [0.29, 0.717) is 18.0 Å². The lowest BCUT2D eigenvalue weighted by atomic mass is 9.94. The molecule has 110 valence electrons. The van der Waals surface area contributed by atoms with Gasteiger partial charge in [0.05, 0.1) is 17.2 Å². The van der Waals surface area contributed by atoms with Gasteiger partial charge >= 0.3 is 0 Å². The van der Waals surface area contributed by atoms with Crippen molar-refractivity contribution in [3.05, 3.63) is 35.4 Å². The van der Waals surface area contributed by atoms with Gasteiger partial charge in [-0.3, -0.25) is 0 Å². The van der Waals surface area contributed by atoms with E-state index in [4.69, 9.17) is 5.26 Å². The van der Waals surface area contributed by atoms with Crippen LogP contribution >= 0.6 is 0 Å². The molecule has 3 heteroatoms. The molecule has 1 aromatic carbocycles. The highest BCUT2D eigenvalue weighted by atomic mass is 16.3. The van der Waals surface area contributed by atoms with Gasteiger partial charge in [-0.2, -0.15) is 5.26 Å². The van der Waals surface area contributed by atoms with Gasteiger partial charge < -0.3 is 10.4 Å². The van der Waals surface area contributed by atoms with Gasteiger partial charge in [-0.15, -0.1) is 0 Å². The minimum absolute atomic E-state index is 0.119. The first-order valence-corrected chi connectivity index (χ1v) is 7.30. The molecule has 0 spiro atoms. The molecular formula is C17H26N2O. The Morgan fingerprint density at radius 1 is 1.35 bits per heavy atom. The lowest BCUT2D eigenvalue weighted by Gasteiger charge is -2.27. The molecule has 1 aromatic rings. The highest BCUT2D eigenvalue weighted by Crippen LogP contribution is 2.18. The molecule has 0 amide bonds. The minimum atomic E-state index is -0.689. The predicted octanol–water partition coefficient (Wildman–Crippen LogP) is 3.40. The molecule has 0 radical (unpaired) electrons. The zero-order valence-electron chi connectivity index (χ0n) is 13.0. The highest BCUT2D eigenvalue weighted by Gasteiger charge is 2.21. The van der Waals surface area contributed by atoms with E-state index in [1.807, 2.05) is 25.1 Å². The number of nitrogens with zero attached hydrogens (tertiary/aromatic N) is 1. The molecule has 2 unspecified atom stereocenters. The fourth-order valence-electron chi connectivity index (χ4n) is 2.06. The van der Waals surface area contributed by atoms with Crippen LogP contribution in [0.15, 0.2) is 24.3 Å². The molecule has 0 bridgehead atoms. The average Bonchev–Trinajstić information content (AvgIpc) is 2.43. The third-order valence-electron chi connectivity index (χ3n) is 3.57. The molecule has 3 nitrogen and oxygen atoms in total. The van der Waals surface area contributed by atoms with Crippen LogP contribution in [0, 0.1) is 17.2 Å². The summed E-state index contributed by atoms with van der Waals surface area (Å²) in [5.74, 6) is 0.603. The van der Waals surface area contributed by atoms with Crippen molar-refractivity contribution in [2.24, 2.45) is 5.92 Å². The Kier molecular flexibility index (Phi) is 6.19. The Hall–Kier alpha value is -1.37. The molecule has 0 aromatic heterocycles. The van der Waals surface area contributed by atoms with Gasteiger partial charge in [0.25, 0.3) is 0 Å². The van der Waals surface area contributed by atoms with Crippen molar-refractivity contribution in [2.75, 3.05) is 6.54 Å². The SMILES string of the molecule is CC(C)CCC(C)(O)CNC(C)c1cccc(C#N)c1. The van der Waals surface area contributed by atoms with Crippen molar-refractivity contribution in [1.29, 1.82) is 5.26 Å². The summed E-state index contributed by atoms with van der Waals surface area (Å²) in [6.07, 6.45) is 1.82. The summed E-state index contributed by atoms with van der Waals surface area (Å²) < 4.78 is 0. The quantitative estimate of drug-likeness (QED) is 0.801. The van der Waals surface area contributed by atoms with Crippen molar-refractivity contribution in [2.45, 2.75) is 52.2 Å². The second-order valence-electron chi connectivity index (χ2n) is 6.27. The third-order valence-corrected chi connectivity index (χ3v) is 3.57. The lowest BCUT2D eigenvalue weighted by molar-refractivity contribution is 0.0430. The summed E-state index contributed by atoms with van der Waals surface area (Å²) in [5, 5.41) is 22.6. The van der Waals surface area contributed by atoms with Crippen molar-refractivity contribution in [3.8, 4) is 6.07 Å². The van der Waals surface area contributed by atoms with Gasteiger partial charge in [-0.25, -0.2) is 0 Å². The topological polar surface area (TPSA) is 56.0 Å². The van der Waals surface area contributed by atoms with Crippen molar-refractivity contribution >= 4 is 0 Å². The Bertz CT molecular complexity index is 460. The molecule has 0 heterocycles. The van der Waals surface area contributed by atoms with Crippen LogP contribution in [0.5, 0.6) is 0 Å². The highest BCUT2D eigenvalue weighted by molar-refractivity contribution is 5.34. The van der Waals surface area contributed by atoms with Gasteiger partial charge in [0.1, 0.15) is 0 Å². The molecule has 20 heavy (non-hydrogen) atoms. The van der Waals surface area contributed by atoms with E-state index in [2.05, 4.69) is 32.2 Å². The van der Waals surface area contributed by atoms with E-state index in [-0.39, 0.29) is 6.04 Å². The summed E-state index contributed by atoms with van der Waals surface area (Å²) in [5.41, 5.74) is 1.05. The number of nitrogens with one attached hydrogen (secondary N) is 1. The van der Waals surface area contributed by atoms with Crippen molar-refractivity contribution in [3.63, 3.8) is 0 Å². The van der Waals surface area contributed by atoms with Crippen LogP contribution in [0.1, 0.15) is 57.7 Å². The maximum Gasteiger partial charge on any atom is 0.0991 e. The van der Waals surface area contributed by atoms with E-state index >= 15 is 0 Å². The number of benzene rings is 1. The molecule has 0 aliphatic carbocycles. The molecule has 0 saturated heterocycles. The molecule has 0 saturated carbocycles.